The highest BCUT2D eigenvalue weighted by Crippen LogP contribution is 2.32. The highest BCUT2D eigenvalue weighted by Gasteiger charge is 2.30. The van der Waals surface area contributed by atoms with E-state index in [4.69, 9.17) is 5.26 Å². The molecule has 3 nitrogen and oxygen atoms in total. The molecule has 1 aliphatic rings. The number of nitriles is 1. The first kappa shape index (κ1) is 12.6. The van der Waals surface area contributed by atoms with Gasteiger partial charge in [0.25, 0.3) is 0 Å². The average Bonchev–Trinajstić information content (AvgIpc) is 3.32. The number of nitrogens with zero attached hydrogens (tertiary/aromatic N) is 2. The van der Waals surface area contributed by atoms with Crippen LogP contribution in [0.1, 0.15) is 39.9 Å². The molecule has 2 aromatic rings. The Balaban J connectivity index is 1.86. The van der Waals surface area contributed by atoms with Crippen LogP contribution < -0.4 is 0 Å². The number of pyridine rings is 1. The second kappa shape index (κ2) is 5.26. The van der Waals surface area contributed by atoms with Gasteiger partial charge in [0.1, 0.15) is 0 Å². The van der Waals surface area contributed by atoms with Gasteiger partial charge in [-0.2, -0.15) is 5.26 Å². The smallest absolute Gasteiger partial charge is 0.167 e. The average molecular weight is 262 g/mol. The van der Waals surface area contributed by atoms with Gasteiger partial charge in [0.05, 0.1) is 11.6 Å². The van der Waals surface area contributed by atoms with E-state index in [0.29, 0.717) is 17.5 Å². The number of ketones is 1. The summed E-state index contributed by atoms with van der Waals surface area (Å²) in [7, 11) is 0. The molecule has 3 rings (SSSR count). The summed E-state index contributed by atoms with van der Waals surface area (Å²) in [5.41, 5.74) is 3.30. The number of carbonyl (C=O) groups is 1. The summed E-state index contributed by atoms with van der Waals surface area (Å²) < 4.78 is 0. The van der Waals surface area contributed by atoms with E-state index in [9.17, 15) is 4.79 Å². The minimum absolute atomic E-state index is 0.202. The van der Waals surface area contributed by atoms with Crippen molar-refractivity contribution in [2.75, 3.05) is 0 Å². The fourth-order valence-electron chi connectivity index (χ4n) is 2.30. The number of hydrogen-bond donors (Lipinski definition) is 0. The first-order valence-electron chi connectivity index (χ1n) is 6.74. The highest BCUT2D eigenvalue weighted by molar-refractivity contribution is 5.99. The number of Topliss-reactive ketones (excluding diaryl/α,β-unsaturated/α-hetero) is 1. The minimum atomic E-state index is 0.202. The topological polar surface area (TPSA) is 53.8 Å². The van der Waals surface area contributed by atoms with Gasteiger partial charge in [-0.1, -0.05) is 18.2 Å². The Morgan fingerprint density at radius 2 is 2.10 bits per heavy atom. The Hall–Kier alpha value is -2.47. The summed E-state index contributed by atoms with van der Waals surface area (Å²) in [6.45, 7) is 0. The van der Waals surface area contributed by atoms with E-state index < -0.39 is 0 Å². The molecular formula is C17H14N2O. The Labute approximate surface area is 117 Å². The number of rotatable bonds is 4. The van der Waals surface area contributed by atoms with E-state index in [0.717, 1.165) is 24.0 Å². The lowest BCUT2D eigenvalue weighted by Gasteiger charge is -2.05. The molecule has 0 unspecified atom stereocenters. The number of benzene rings is 1. The van der Waals surface area contributed by atoms with Crippen LogP contribution in [-0.2, 0) is 6.42 Å². The largest absolute Gasteiger partial charge is 0.294 e. The van der Waals surface area contributed by atoms with Crippen LogP contribution in [-0.4, -0.2) is 10.8 Å². The molecule has 1 saturated carbocycles. The third kappa shape index (κ3) is 2.60. The van der Waals surface area contributed by atoms with E-state index in [1.54, 1.807) is 12.4 Å². The standard InChI is InChI=1S/C17H14N2O/c18-9-15-4-2-1-3-14(15)7-12-8-16(11-19-10-12)17(20)13-5-6-13/h1-4,8,10-11,13H,5-7H2. The highest BCUT2D eigenvalue weighted by atomic mass is 16.1. The summed E-state index contributed by atoms with van der Waals surface area (Å²) in [5.74, 6) is 0.409. The molecule has 98 valence electrons. The van der Waals surface area contributed by atoms with Crippen LogP contribution in [0.25, 0.3) is 0 Å². The fourth-order valence-corrected chi connectivity index (χ4v) is 2.30. The van der Waals surface area contributed by atoms with Gasteiger partial charge in [-0.05, 0) is 36.1 Å². The van der Waals surface area contributed by atoms with E-state index >= 15 is 0 Å². The van der Waals surface area contributed by atoms with Crippen LogP contribution in [0.2, 0.25) is 0 Å². The Morgan fingerprint density at radius 1 is 1.30 bits per heavy atom. The molecule has 3 heteroatoms. The van der Waals surface area contributed by atoms with Gasteiger partial charge in [0.2, 0.25) is 0 Å². The summed E-state index contributed by atoms with van der Waals surface area (Å²) in [4.78, 5) is 16.2. The molecule has 20 heavy (non-hydrogen) atoms. The lowest BCUT2D eigenvalue weighted by Crippen LogP contribution is -2.03. The van der Waals surface area contributed by atoms with Crippen LogP contribution in [0.5, 0.6) is 0 Å². The summed E-state index contributed by atoms with van der Waals surface area (Å²) in [5, 5.41) is 9.10. The van der Waals surface area contributed by atoms with Crippen LogP contribution >= 0.6 is 0 Å². The molecule has 1 fully saturated rings. The maximum atomic E-state index is 12.0. The Kier molecular flexibility index (Phi) is 3.30. The summed E-state index contributed by atoms with van der Waals surface area (Å²) in [6, 6.07) is 11.6. The van der Waals surface area contributed by atoms with E-state index in [1.807, 2.05) is 30.3 Å². The van der Waals surface area contributed by atoms with E-state index in [2.05, 4.69) is 11.1 Å². The van der Waals surface area contributed by atoms with E-state index in [-0.39, 0.29) is 11.7 Å². The van der Waals surface area contributed by atoms with Crippen molar-refractivity contribution in [3.63, 3.8) is 0 Å². The van der Waals surface area contributed by atoms with Gasteiger partial charge < -0.3 is 0 Å². The van der Waals surface area contributed by atoms with Gasteiger partial charge in [0.15, 0.2) is 5.78 Å². The molecule has 0 N–H and O–H groups in total. The van der Waals surface area contributed by atoms with Gasteiger partial charge in [-0.15, -0.1) is 0 Å². The maximum Gasteiger partial charge on any atom is 0.167 e. The molecule has 0 saturated heterocycles. The van der Waals surface area contributed by atoms with E-state index in [1.165, 1.54) is 0 Å². The van der Waals surface area contributed by atoms with Crippen molar-refractivity contribution in [1.82, 2.24) is 4.98 Å². The molecule has 1 heterocycles. The maximum absolute atomic E-state index is 12.0. The Bertz CT molecular complexity index is 696. The molecule has 0 radical (unpaired) electrons. The number of aromatic nitrogens is 1. The monoisotopic (exact) mass is 262 g/mol. The normalized spacial score (nSPS) is 13.8. The van der Waals surface area contributed by atoms with Crippen LogP contribution in [0.3, 0.4) is 0 Å². The molecule has 0 bridgehead atoms. The second-order valence-corrected chi connectivity index (χ2v) is 5.17. The van der Waals surface area contributed by atoms with Crippen molar-refractivity contribution < 1.29 is 4.79 Å². The predicted octanol–water partition coefficient (Wildman–Crippen LogP) is 3.14. The lowest BCUT2D eigenvalue weighted by molar-refractivity contribution is 0.0967. The number of hydrogen-bond acceptors (Lipinski definition) is 3. The summed E-state index contributed by atoms with van der Waals surface area (Å²) >= 11 is 0. The van der Waals surface area contributed by atoms with Crippen molar-refractivity contribution in [3.8, 4) is 6.07 Å². The van der Waals surface area contributed by atoms with Crippen molar-refractivity contribution in [2.24, 2.45) is 5.92 Å². The summed E-state index contributed by atoms with van der Waals surface area (Å²) in [6.07, 6.45) is 6.03. The SMILES string of the molecule is N#Cc1ccccc1Cc1cncc(C(=O)C2CC2)c1. The van der Waals surface area contributed by atoms with Gasteiger partial charge in [0, 0.05) is 30.3 Å². The third-order valence-electron chi connectivity index (χ3n) is 3.56. The van der Waals surface area contributed by atoms with Crippen molar-refractivity contribution >= 4 is 5.78 Å². The van der Waals surface area contributed by atoms with Crippen molar-refractivity contribution in [3.05, 3.63) is 65.0 Å². The molecule has 0 amide bonds. The predicted molar refractivity (Wildman–Crippen MR) is 75.3 cm³/mol. The zero-order valence-electron chi connectivity index (χ0n) is 11.0. The minimum Gasteiger partial charge on any atom is -0.294 e. The van der Waals surface area contributed by atoms with Crippen LogP contribution in [0.4, 0.5) is 0 Å². The molecular weight excluding hydrogens is 248 g/mol. The molecule has 0 aliphatic heterocycles. The molecule has 1 aromatic carbocycles. The molecule has 1 aliphatic carbocycles. The quantitative estimate of drug-likeness (QED) is 0.795. The zero-order chi connectivity index (χ0) is 13.9. The van der Waals surface area contributed by atoms with Crippen molar-refractivity contribution in [1.29, 1.82) is 5.26 Å². The first-order valence-corrected chi connectivity index (χ1v) is 6.74. The third-order valence-corrected chi connectivity index (χ3v) is 3.56. The lowest BCUT2D eigenvalue weighted by atomic mass is 9.99. The number of carbonyl (C=O) groups excluding carboxylic acids is 1. The van der Waals surface area contributed by atoms with Gasteiger partial charge in [-0.25, -0.2) is 0 Å². The van der Waals surface area contributed by atoms with Crippen molar-refractivity contribution in [2.45, 2.75) is 19.3 Å². The molecule has 0 spiro atoms. The molecule has 1 aromatic heterocycles. The Morgan fingerprint density at radius 3 is 2.85 bits per heavy atom. The van der Waals surface area contributed by atoms with Crippen LogP contribution in [0, 0.1) is 17.2 Å². The first-order chi connectivity index (χ1) is 9.78. The van der Waals surface area contributed by atoms with Gasteiger partial charge >= 0.3 is 0 Å². The van der Waals surface area contributed by atoms with Gasteiger partial charge in [-0.3, -0.25) is 9.78 Å². The molecule has 0 atom stereocenters. The zero-order valence-corrected chi connectivity index (χ0v) is 11.0. The fraction of sp³-hybridized carbons (Fsp3) is 0.235. The van der Waals surface area contributed by atoms with Crippen LogP contribution in [0.15, 0.2) is 42.7 Å². The second-order valence-electron chi connectivity index (χ2n) is 5.17.